The van der Waals surface area contributed by atoms with Gasteiger partial charge in [0.05, 0.1) is 22.8 Å². The van der Waals surface area contributed by atoms with Crippen LogP contribution in [0.2, 0.25) is 0 Å². The number of rotatable bonds is 5. The Morgan fingerprint density at radius 2 is 1.74 bits per heavy atom. The predicted octanol–water partition coefficient (Wildman–Crippen LogP) is 5.26. The van der Waals surface area contributed by atoms with Crippen LogP contribution in [0.4, 0.5) is 0 Å². The van der Waals surface area contributed by atoms with Crippen LogP contribution in [0.15, 0.2) is 84.1 Å². The van der Waals surface area contributed by atoms with Gasteiger partial charge in [-0.2, -0.15) is 8.42 Å². The molecule has 0 bridgehead atoms. The van der Waals surface area contributed by atoms with E-state index >= 15 is 0 Å². The molecule has 2 aromatic heterocycles. The Bertz CT molecular complexity index is 1390. The van der Waals surface area contributed by atoms with Gasteiger partial charge in [-0.3, -0.25) is 9.54 Å². The van der Waals surface area contributed by atoms with Crippen LogP contribution in [0.25, 0.3) is 22.6 Å². The molecule has 2 aromatic carbocycles. The van der Waals surface area contributed by atoms with Crippen LogP contribution < -0.4 is 4.74 Å². The lowest BCUT2D eigenvalue weighted by molar-refractivity contribution is -0.0851. The minimum absolute atomic E-state index is 0.0666. The monoisotopic (exact) mass is 491 g/mol. The van der Waals surface area contributed by atoms with Gasteiger partial charge in [-0.15, -0.1) is 0 Å². The number of nitrogens with zero attached hydrogens (tertiary/aromatic N) is 3. The summed E-state index contributed by atoms with van der Waals surface area (Å²) < 4.78 is 41.4. The van der Waals surface area contributed by atoms with E-state index in [4.69, 9.17) is 19.0 Å². The lowest BCUT2D eigenvalue weighted by atomic mass is 10.0. The summed E-state index contributed by atoms with van der Waals surface area (Å²) in [5.74, 6) is 1.45. The van der Waals surface area contributed by atoms with Crippen molar-refractivity contribution in [3.05, 3.63) is 90.4 Å². The molecule has 0 spiro atoms. The molecular formula is C26H25N3O5S. The van der Waals surface area contributed by atoms with E-state index in [9.17, 15) is 8.42 Å². The second kappa shape index (κ2) is 10.7. The third-order valence-electron chi connectivity index (χ3n) is 5.18. The molecule has 1 atom stereocenters. The highest BCUT2D eigenvalue weighted by Crippen LogP contribution is 2.41. The van der Waals surface area contributed by atoms with Crippen molar-refractivity contribution < 1.29 is 22.4 Å². The van der Waals surface area contributed by atoms with Gasteiger partial charge in [0.1, 0.15) is 5.75 Å². The van der Waals surface area contributed by atoms with E-state index in [1.165, 1.54) is 12.1 Å². The van der Waals surface area contributed by atoms with Crippen molar-refractivity contribution in [2.24, 2.45) is 0 Å². The van der Waals surface area contributed by atoms with E-state index in [-0.39, 0.29) is 4.90 Å². The van der Waals surface area contributed by atoms with E-state index in [0.717, 1.165) is 40.1 Å². The normalized spacial score (nSPS) is 14.1. The number of para-hydroxylation sites is 1. The fourth-order valence-electron chi connectivity index (χ4n) is 3.42. The number of hydrogen-bond acceptors (Lipinski definition) is 7. The number of hydrogen-bond donors (Lipinski definition) is 1. The number of fused-ring (bicyclic) bond motifs is 3. The molecule has 180 valence electrons. The first-order valence-electron chi connectivity index (χ1n) is 11.1. The van der Waals surface area contributed by atoms with Gasteiger partial charge in [0.25, 0.3) is 10.1 Å². The maximum atomic E-state index is 10.5. The Kier molecular flexibility index (Phi) is 7.50. The minimum Gasteiger partial charge on any atom is -0.460 e. The predicted molar refractivity (Wildman–Crippen MR) is 131 cm³/mol. The first-order chi connectivity index (χ1) is 16.9. The average molecular weight is 492 g/mol. The summed E-state index contributed by atoms with van der Waals surface area (Å²) in [5, 5.41) is 0. The second-order valence-electron chi connectivity index (χ2n) is 7.84. The third kappa shape index (κ3) is 5.89. The molecule has 0 saturated heterocycles. The van der Waals surface area contributed by atoms with Crippen LogP contribution in [0, 0.1) is 6.92 Å². The summed E-state index contributed by atoms with van der Waals surface area (Å²) in [6.07, 6.45) is 5.73. The van der Waals surface area contributed by atoms with Crippen molar-refractivity contribution in [2.45, 2.75) is 31.5 Å². The zero-order valence-electron chi connectivity index (χ0n) is 19.3. The highest BCUT2D eigenvalue weighted by molar-refractivity contribution is 7.85. The van der Waals surface area contributed by atoms with Gasteiger partial charge in [-0.05, 0) is 49.7 Å². The fourth-order valence-corrected chi connectivity index (χ4v) is 3.90. The molecule has 0 fully saturated rings. The van der Waals surface area contributed by atoms with Crippen molar-refractivity contribution in [3.63, 3.8) is 0 Å². The van der Waals surface area contributed by atoms with Crippen LogP contribution >= 0.6 is 0 Å². The molecule has 35 heavy (non-hydrogen) atoms. The molecule has 3 heterocycles. The van der Waals surface area contributed by atoms with E-state index < -0.39 is 16.4 Å². The van der Waals surface area contributed by atoms with Crippen molar-refractivity contribution in [3.8, 4) is 28.4 Å². The highest BCUT2D eigenvalue weighted by Gasteiger charge is 2.28. The lowest BCUT2D eigenvalue weighted by Gasteiger charge is -2.27. The molecule has 1 aliphatic rings. The van der Waals surface area contributed by atoms with Gasteiger partial charge >= 0.3 is 0 Å². The molecular weight excluding hydrogens is 466 g/mol. The zero-order chi connectivity index (χ0) is 24.8. The second-order valence-corrected chi connectivity index (χ2v) is 9.26. The Hall–Kier alpha value is -3.66. The van der Waals surface area contributed by atoms with E-state index in [1.54, 1.807) is 30.7 Å². The summed E-state index contributed by atoms with van der Waals surface area (Å²) in [7, 11) is -4.02. The van der Waals surface area contributed by atoms with Crippen molar-refractivity contribution in [2.75, 3.05) is 6.61 Å². The van der Waals surface area contributed by atoms with Crippen molar-refractivity contribution in [1.82, 2.24) is 15.0 Å². The zero-order valence-corrected chi connectivity index (χ0v) is 20.1. The van der Waals surface area contributed by atoms with Crippen LogP contribution in [-0.4, -0.2) is 34.5 Å². The molecule has 0 amide bonds. The van der Waals surface area contributed by atoms with Gasteiger partial charge < -0.3 is 9.47 Å². The standard InChI is InChI=1S/C19H17N3O2.C7H8O3S/c1-2-11-23-19-15-12-21-18(13-7-9-20-10-8-13)22-17(15)14-5-3-4-6-16(14)24-19;1-6-2-4-7(5-3-6)11(8,9)10/h3-10,12,19H,2,11H2,1H3;2-5H,1H3,(H,8,9,10). The molecule has 8 nitrogen and oxygen atoms in total. The summed E-state index contributed by atoms with van der Waals surface area (Å²) in [4.78, 5) is 13.3. The topological polar surface area (TPSA) is 112 Å². The van der Waals surface area contributed by atoms with Gasteiger partial charge in [-0.25, -0.2) is 9.97 Å². The van der Waals surface area contributed by atoms with E-state index in [1.807, 2.05) is 43.3 Å². The Balaban J connectivity index is 0.000000221. The highest BCUT2D eigenvalue weighted by atomic mass is 32.2. The smallest absolute Gasteiger partial charge is 0.294 e. The van der Waals surface area contributed by atoms with Gasteiger partial charge in [0, 0.05) is 29.7 Å². The average Bonchev–Trinajstić information content (AvgIpc) is 2.87. The minimum atomic E-state index is -4.02. The summed E-state index contributed by atoms with van der Waals surface area (Å²) in [6, 6.07) is 17.7. The summed E-state index contributed by atoms with van der Waals surface area (Å²) in [6.45, 7) is 4.53. The molecule has 0 saturated carbocycles. The third-order valence-corrected chi connectivity index (χ3v) is 6.05. The van der Waals surface area contributed by atoms with Crippen LogP contribution in [0.5, 0.6) is 5.75 Å². The number of ether oxygens (including phenoxy) is 2. The Morgan fingerprint density at radius 1 is 1.03 bits per heavy atom. The molecule has 0 aliphatic carbocycles. The Labute approximate surface area is 204 Å². The molecule has 9 heteroatoms. The summed E-state index contributed by atoms with van der Waals surface area (Å²) in [5.41, 5.74) is 4.57. The van der Waals surface area contributed by atoms with E-state index in [0.29, 0.717) is 12.4 Å². The molecule has 0 radical (unpaired) electrons. The number of aromatic nitrogens is 3. The van der Waals surface area contributed by atoms with Crippen LogP contribution in [0.3, 0.4) is 0 Å². The molecule has 1 aliphatic heterocycles. The maximum Gasteiger partial charge on any atom is 0.294 e. The largest absolute Gasteiger partial charge is 0.460 e. The molecule has 1 unspecified atom stereocenters. The number of aryl methyl sites for hydroxylation is 1. The molecule has 4 aromatic rings. The number of benzene rings is 2. The first-order valence-corrected chi connectivity index (χ1v) is 12.5. The molecule has 1 N–H and O–H groups in total. The SMILES string of the molecule is CCCOC1Oc2ccccc2-c2nc(-c3ccncc3)ncc21.Cc1ccc(S(=O)(=O)O)cc1. The van der Waals surface area contributed by atoms with Gasteiger partial charge in [0.15, 0.2) is 5.82 Å². The number of pyridine rings is 1. The van der Waals surface area contributed by atoms with Crippen LogP contribution in [0.1, 0.15) is 30.8 Å². The van der Waals surface area contributed by atoms with Crippen LogP contribution in [-0.2, 0) is 14.9 Å². The lowest BCUT2D eigenvalue weighted by Crippen LogP contribution is -2.19. The van der Waals surface area contributed by atoms with E-state index in [2.05, 4.69) is 16.9 Å². The maximum absolute atomic E-state index is 10.5. The van der Waals surface area contributed by atoms with Crippen molar-refractivity contribution in [1.29, 1.82) is 0 Å². The fraction of sp³-hybridized carbons (Fsp3) is 0.192. The molecule has 5 rings (SSSR count). The first kappa shape index (κ1) is 24.5. The Morgan fingerprint density at radius 3 is 2.43 bits per heavy atom. The van der Waals surface area contributed by atoms with Gasteiger partial charge in [-0.1, -0.05) is 36.8 Å². The van der Waals surface area contributed by atoms with Gasteiger partial charge in [0.2, 0.25) is 6.29 Å². The summed E-state index contributed by atoms with van der Waals surface area (Å²) >= 11 is 0. The quantitative estimate of drug-likeness (QED) is 0.376. The van der Waals surface area contributed by atoms with Crippen molar-refractivity contribution >= 4 is 10.1 Å².